The molecule has 90 valence electrons. The third-order valence-electron chi connectivity index (χ3n) is 2.30. The topological polar surface area (TPSA) is 30.2 Å². The SMILES string of the molecule is O=c1cc(CCl)c2ccc(C(F)(F)F)cc2o1. The Labute approximate surface area is 98.6 Å². The van der Waals surface area contributed by atoms with Gasteiger partial charge in [0.2, 0.25) is 0 Å². The Morgan fingerprint density at radius 1 is 1.24 bits per heavy atom. The second-order valence-corrected chi connectivity index (χ2v) is 3.70. The second-order valence-electron chi connectivity index (χ2n) is 3.43. The third kappa shape index (κ3) is 2.29. The van der Waals surface area contributed by atoms with Crippen molar-refractivity contribution >= 4 is 22.6 Å². The summed E-state index contributed by atoms with van der Waals surface area (Å²) in [6.45, 7) is 0. The van der Waals surface area contributed by atoms with Crippen molar-refractivity contribution in [1.82, 2.24) is 0 Å². The molecule has 0 atom stereocenters. The van der Waals surface area contributed by atoms with E-state index in [-0.39, 0.29) is 11.5 Å². The van der Waals surface area contributed by atoms with E-state index in [1.807, 2.05) is 0 Å². The summed E-state index contributed by atoms with van der Waals surface area (Å²) in [5.41, 5.74) is -1.23. The van der Waals surface area contributed by atoms with Gasteiger partial charge in [0.15, 0.2) is 0 Å². The fourth-order valence-electron chi connectivity index (χ4n) is 1.52. The van der Waals surface area contributed by atoms with Crippen molar-refractivity contribution in [3.05, 3.63) is 45.8 Å². The van der Waals surface area contributed by atoms with Gasteiger partial charge < -0.3 is 4.42 Å². The third-order valence-corrected chi connectivity index (χ3v) is 2.59. The van der Waals surface area contributed by atoms with Crippen LogP contribution in [-0.2, 0) is 12.1 Å². The van der Waals surface area contributed by atoms with Crippen molar-refractivity contribution < 1.29 is 17.6 Å². The molecule has 2 rings (SSSR count). The quantitative estimate of drug-likeness (QED) is 0.581. The molecular weight excluding hydrogens is 257 g/mol. The van der Waals surface area contributed by atoms with Crippen LogP contribution < -0.4 is 5.63 Å². The lowest BCUT2D eigenvalue weighted by molar-refractivity contribution is -0.137. The van der Waals surface area contributed by atoms with E-state index in [9.17, 15) is 18.0 Å². The first kappa shape index (κ1) is 12.0. The summed E-state index contributed by atoms with van der Waals surface area (Å²) in [4.78, 5) is 11.1. The standard InChI is InChI=1S/C11H6ClF3O2/c12-5-6-3-10(16)17-9-4-7(11(13,14)15)1-2-8(6)9/h1-4H,5H2. The minimum absolute atomic E-state index is 0.0352. The van der Waals surface area contributed by atoms with Crippen LogP contribution in [0.1, 0.15) is 11.1 Å². The molecule has 0 aliphatic carbocycles. The number of benzene rings is 1. The maximum atomic E-state index is 12.5. The van der Waals surface area contributed by atoms with Crippen molar-refractivity contribution in [2.75, 3.05) is 0 Å². The molecule has 0 aliphatic heterocycles. The summed E-state index contributed by atoms with van der Waals surface area (Å²) >= 11 is 5.60. The molecule has 0 N–H and O–H groups in total. The van der Waals surface area contributed by atoms with Crippen molar-refractivity contribution in [3.8, 4) is 0 Å². The monoisotopic (exact) mass is 262 g/mol. The van der Waals surface area contributed by atoms with Crippen LogP contribution in [-0.4, -0.2) is 0 Å². The molecule has 0 radical (unpaired) electrons. The predicted octanol–water partition coefficient (Wildman–Crippen LogP) is 3.55. The molecule has 0 saturated carbocycles. The molecule has 17 heavy (non-hydrogen) atoms. The molecule has 0 amide bonds. The van der Waals surface area contributed by atoms with Crippen LogP contribution in [0, 0.1) is 0 Å². The minimum Gasteiger partial charge on any atom is -0.423 e. The fraction of sp³-hybridized carbons (Fsp3) is 0.182. The number of halogens is 4. The van der Waals surface area contributed by atoms with Crippen molar-refractivity contribution in [1.29, 1.82) is 0 Å². The van der Waals surface area contributed by atoms with E-state index in [2.05, 4.69) is 0 Å². The van der Waals surface area contributed by atoms with E-state index < -0.39 is 17.4 Å². The number of fused-ring (bicyclic) bond motifs is 1. The summed E-state index contributed by atoms with van der Waals surface area (Å²) in [7, 11) is 0. The number of rotatable bonds is 1. The van der Waals surface area contributed by atoms with Gasteiger partial charge in [-0.05, 0) is 17.7 Å². The van der Waals surface area contributed by atoms with Crippen molar-refractivity contribution in [2.45, 2.75) is 12.1 Å². The summed E-state index contributed by atoms with van der Waals surface area (Å²) < 4.78 is 42.1. The highest BCUT2D eigenvalue weighted by molar-refractivity contribution is 6.17. The second kappa shape index (κ2) is 4.07. The Morgan fingerprint density at radius 3 is 2.53 bits per heavy atom. The lowest BCUT2D eigenvalue weighted by atomic mass is 10.1. The van der Waals surface area contributed by atoms with Crippen LogP contribution in [0.25, 0.3) is 11.0 Å². The Balaban J connectivity index is 2.74. The molecular formula is C11H6ClF3O2. The highest BCUT2D eigenvalue weighted by atomic mass is 35.5. The fourth-order valence-corrected chi connectivity index (χ4v) is 1.74. The lowest BCUT2D eigenvalue weighted by Crippen LogP contribution is -2.06. The Kier molecular flexibility index (Phi) is 2.87. The molecule has 0 unspecified atom stereocenters. The summed E-state index contributed by atoms with van der Waals surface area (Å²) in [6, 6.07) is 4.15. The van der Waals surface area contributed by atoms with E-state index >= 15 is 0 Å². The summed E-state index contributed by atoms with van der Waals surface area (Å²) in [6.07, 6.45) is -4.47. The van der Waals surface area contributed by atoms with Crippen molar-refractivity contribution in [3.63, 3.8) is 0 Å². The van der Waals surface area contributed by atoms with Gasteiger partial charge in [0, 0.05) is 17.3 Å². The molecule has 1 heterocycles. The van der Waals surface area contributed by atoms with Gasteiger partial charge in [-0.1, -0.05) is 6.07 Å². The van der Waals surface area contributed by atoms with Gasteiger partial charge in [-0.3, -0.25) is 0 Å². The molecule has 1 aromatic carbocycles. The molecule has 1 aromatic heterocycles. The van der Waals surface area contributed by atoms with Crippen LogP contribution in [0.4, 0.5) is 13.2 Å². The first-order chi connectivity index (χ1) is 7.91. The van der Waals surface area contributed by atoms with E-state index in [1.165, 1.54) is 12.1 Å². The summed E-state index contributed by atoms with van der Waals surface area (Å²) in [5, 5.41) is 0.410. The predicted molar refractivity (Wildman–Crippen MR) is 57.0 cm³/mol. The highest BCUT2D eigenvalue weighted by Crippen LogP contribution is 2.31. The Hall–Kier alpha value is -1.49. The molecule has 0 fully saturated rings. The highest BCUT2D eigenvalue weighted by Gasteiger charge is 2.30. The zero-order valence-electron chi connectivity index (χ0n) is 8.34. The van der Waals surface area contributed by atoms with E-state index in [0.717, 1.165) is 12.1 Å². The number of alkyl halides is 4. The largest absolute Gasteiger partial charge is 0.423 e. The van der Waals surface area contributed by atoms with E-state index in [4.69, 9.17) is 16.0 Å². The summed E-state index contributed by atoms with van der Waals surface area (Å²) in [5.74, 6) is 0.0352. The maximum absolute atomic E-state index is 12.5. The van der Waals surface area contributed by atoms with Crippen LogP contribution in [0.3, 0.4) is 0 Å². The molecule has 0 spiro atoms. The first-order valence-corrected chi connectivity index (χ1v) is 5.15. The van der Waals surface area contributed by atoms with Gasteiger partial charge >= 0.3 is 11.8 Å². The number of hydrogen-bond donors (Lipinski definition) is 0. The van der Waals surface area contributed by atoms with Gasteiger partial charge in [-0.25, -0.2) is 4.79 Å². The molecule has 0 aliphatic rings. The molecule has 6 heteroatoms. The van der Waals surface area contributed by atoms with Crippen LogP contribution in [0.5, 0.6) is 0 Å². The molecule has 2 aromatic rings. The van der Waals surface area contributed by atoms with E-state index in [1.54, 1.807) is 0 Å². The van der Waals surface area contributed by atoms with Gasteiger partial charge in [0.1, 0.15) is 5.58 Å². The first-order valence-electron chi connectivity index (χ1n) is 4.62. The zero-order chi connectivity index (χ0) is 12.6. The number of hydrogen-bond acceptors (Lipinski definition) is 2. The lowest BCUT2D eigenvalue weighted by Gasteiger charge is -2.08. The smallest absolute Gasteiger partial charge is 0.416 e. The zero-order valence-corrected chi connectivity index (χ0v) is 9.10. The van der Waals surface area contributed by atoms with Gasteiger partial charge in [-0.2, -0.15) is 13.2 Å². The normalized spacial score (nSPS) is 12.0. The Morgan fingerprint density at radius 2 is 1.94 bits per heavy atom. The molecule has 0 saturated heterocycles. The minimum atomic E-state index is -4.47. The van der Waals surface area contributed by atoms with Gasteiger partial charge in [0.05, 0.1) is 5.56 Å². The molecule has 2 nitrogen and oxygen atoms in total. The average Bonchev–Trinajstić information content (AvgIpc) is 2.25. The Bertz CT molecular complexity index is 616. The van der Waals surface area contributed by atoms with Crippen LogP contribution in [0.2, 0.25) is 0 Å². The van der Waals surface area contributed by atoms with Gasteiger partial charge in [0.25, 0.3) is 0 Å². The van der Waals surface area contributed by atoms with E-state index in [0.29, 0.717) is 10.9 Å². The average molecular weight is 263 g/mol. The van der Waals surface area contributed by atoms with Crippen molar-refractivity contribution in [2.24, 2.45) is 0 Å². The van der Waals surface area contributed by atoms with Crippen LogP contribution >= 0.6 is 11.6 Å². The maximum Gasteiger partial charge on any atom is 0.416 e. The molecule has 0 bridgehead atoms. The van der Waals surface area contributed by atoms with Crippen LogP contribution in [0.15, 0.2) is 33.5 Å². The van der Waals surface area contributed by atoms with Gasteiger partial charge in [-0.15, -0.1) is 11.6 Å².